The van der Waals surface area contributed by atoms with Crippen LogP contribution in [0.1, 0.15) is 53.9 Å². The molecule has 1 atom stereocenters. The van der Waals surface area contributed by atoms with Gasteiger partial charge in [0.1, 0.15) is 0 Å². The number of hydrogen-bond donors (Lipinski definition) is 1. The molecule has 0 amide bonds. The quantitative estimate of drug-likeness (QED) is 0.718. The number of nitrogens with one attached hydrogen (secondary N) is 1. The molecule has 0 bridgehead atoms. The van der Waals surface area contributed by atoms with Gasteiger partial charge in [-0.15, -0.1) is 0 Å². The summed E-state index contributed by atoms with van der Waals surface area (Å²) in [7, 11) is 0. The van der Waals surface area contributed by atoms with E-state index in [9.17, 15) is 0 Å². The first-order valence-electron chi connectivity index (χ1n) is 7.35. The van der Waals surface area contributed by atoms with Crippen LogP contribution in [-0.2, 0) is 0 Å². The van der Waals surface area contributed by atoms with Gasteiger partial charge in [0.05, 0.1) is 0 Å². The Hall–Kier alpha value is -0.0800. The van der Waals surface area contributed by atoms with Gasteiger partial charge in [0.25, 0.3) is 0 Å². The van der Waals surface area contributed by atoms with Crippen molar-refractivity contribution in [2.75, 3.05) is 26.2 Å². The summed E-state index contributed by atoms with van der Waals surface area (Å²) in [6.07, 6.45) is 3.99. The lowest BCUT2D eigenvalue weighted by Gasteiger charge is -2.40. The molecular weight excluding hydrogens is 208 g/mol. The standard InChI is InChI=1S/C15H32N2/c1-13(2)6-9-16-12-14(3)17-10-7-15(4,5)8-11-17/h13-14,16H,6-12H2,1-5H3. The highest BCUT2D eigenvalue weighted by molar-refractivity contribution is 4.81. The molecule has 0 aromatic carbocycles. The summed E-state index contributed by atoms with van der Waals surface area (Å²) in [6, 6.07) is 0.693. The Balaban J connectivity index is 2.14. The van der Waals surface area contributed by atoms with Crippen molar-refractivity contribution < 1.29 is 0 Å². The number of likely N-dealkylation sites (tertiary alicyclic amines) is 1. The van der Waals surface area contributed by atoms with Crippen LogP contribution in [0.25, 0.3) is 0 Å². The van der Waals surface area contributed by atoms with Crippen molar-refractivity contribution in [1.82, 2.24) is 10.2 Å². The van der Waals surface area contributed by atoms with E-state index in [-0.39, 0.29) is 0 Å². The molecule has 17 heavy (non-hydrogen) atoms. The predicted octanol–water partition coefficient (Wildman–Crippen LogP) is 3.13. The molecule has 0 aromatic heterocycles. The lowest BCUT2D eigenvalue weighted by atomic mass is 9.82. The van der Waals surface area contributed by atoms with Gasteiger partial charge in [-0.3, -0.25) is 4.90 Å². The minimum atomic E-state index is 0.571. The second-order valence-electron chi connectivity index (χ2n) is 6.94. The molecule has 1 N–H and O–H groups in total. The monoisotopic (exact) mass is 240 g/mol. The molecule has 0 spiro atoms. The van der Waals surface area contributed by atoms with E-state index in [4.69, 9.17) is 0 Å². The molecule has 102 valence electrons. The Labute approximate surface area is 108 Å². The van der Waals surface area contributed by atoms with Gasteiger partial charge in [-0.1, -0.05) is 27.7 Å². The zero-order valence-corrected chi connectivity index (χ0v) is 12.6. The molecular formula is C15H32N2. The fourth-order valence-corrected chi connectivity index (χ4v) is 2.40. The molecule has 2 nitrogen and oxygen atoms in total. The average molecular weight is 240 g/mol. The summed E-state index contributed by atoms with van der Waals surface area (Å²) < 4.78 is 0. The molecule has 0 radical (unpaired) electrons. The van der Waals surface area contributed by atoms with Gasteiger partial charge in [0.15, 0.2) is 0 Å². The van der Waals surface area contributed by atoms with Crippen molar-refractivity contribution in [3.05, 3.63) is 0 Å². The third-order valence-electron chi connectivity index (χ3n) is 4.11. The molecule has 1 heterocycles. The Morgan fingerprint density at radius 1 is 1.12 bits per heavy atom. The topological polar surface area (TPSA) is 15.3 Å². The molecule has 2 heteroatoms. The molecule has 0 aromatic rings. The van der Waals surface area contributed by atoms with E-state index in [2.05, 4.69) is 44.8 Å². The summed E-state index contributed by atoms with van der Waals surface area (Å²) in [5, 5.41) is 3.59. The largest absolute Gasteiger partial charge is 0.315 e. The maximum absolute atomic E-state index is 3.59. The minimum Gasteiger partial charge on any atom is -0.315 e. The zero-order chi connectivity index (χ0) is 12.9. The molecule has 1 fully saturated rings. The normalized spacial score (nSPS) is 22.9. The Kier molecular flexibility index (Phi) is 5.94. The maximum atomic E-state index is 3.59. The molecule has 1 rings (SSSR count). The van der Waals surface area contributed by atoms with Gasteiger partial charge in [-0.25, -0.2) is 0 Å². The summed E-state index contributed by atoms with van der Waals surface area (Å²) >= 11 is 0. The molecule has 0 saturated carbocycles. The SMILES string of the molecule is CC(C)CCNCC(C)N1CCC(C)(C)CC1. The van der Waals surface area contributed by atoms with Crippen molar-refractivity contribution in [2.45, 2.75) is 59.9 Å². The fraction of sp³-hybridized carbons (Fsp3) is 1.00. The van der Waals surface area contributed by atoms with Crippen LogP contribution in [-0.4, -0.2) is 37.1 Å². The van der Waals surface area contributed by atoms with Crippen LogP contribution >= 0.6 is 0 Å². The van der Waals surface area contributed by atoms with Gasteiger partial charge in [-0.2, -0.15) is 0 Å². The minimum absolute atomic E-state index is 0.571. The number of rotatable bonds is 6. The highest BCUT2D eigenvalue weighted by Crippen LogP contribution is 2.30. The highest BCUT2D eigenvalue weighted by Gasteiger charge is 2.27. The van der Waals surface area contributed by atoms with Gasteiger partial charge < -0.3 is 5.32 Å². The van der Waals surface area contributed by atoms with Gasteiger partial charge in [-0.05, 0) is 57.2 Å². The van der Waals surface area contributed by atoms with Crippen molar-refractivity contribution in [1.29, 1.82) is 0 Å². The summed E-state index contributed by atoms with van der Waals surface area (Å²) in [4.78, 5) is 2.65. The van der Waals surface area contributed by atoms with E-state index < -0.39 is 0 Å². The van der Waals surface area contributed by atoms with E-state index in [0.717, 1.165) is 12.5 Å². The lowest BCUT2D eigenvalue weighted by Crippen LogP contribution is -2.46. The van der Waals surface area contributed by atoms with E-state index in [1.807, 2.05) is 0 Å². The number of nitrogens with zero attached hydrogens (tertiary/aromatic N) is 1. The van der Waals surface area contributed by atoms with Crippen LogP contribution in [0.15, 0.2) is 0 Å². The molecule has 1 aliphatic rings. The first kappa shape index (κ1) is 15.0. The summed E-state index contributed by atoms with van der Waals surface area (Å²) in [5.74, 6) is 0.814. The second-order valence-corrected chi connectivity index (χ2v) is 6.94. The lowest BCUT2D eigenvalue weighted by molar-refractivity contribution is 0.0997. The van der Waals surface area contributed by atoms with Crippen molar-refractivity contribution in [3.63, 3.8) is 0 Å². The van der Waals surface area contributed by atoms with Crippen LogP contribution in [0.2, 0.25) is 0 Å². The number of piperidine rings is 1. The molecule has 1 unspecified atom stereocenters. The highest BCUT2D eigenvalue weighted by atomic mass is 15.2. The smallest absolute Gasteiger partial charge is 0.0192 e. The number of hydrogen-bond acceptors (Lipinski definition) is 2. The third kappa shape index (κ3) is 5.87. The van der Waals surface area contributed by atoms with Gasteiger partial charge >= 0.3 is 0 Å². The maximum Gasteiger partial charge on any atom is 0.0192 e. The Bertz CT molecular complexity index is 201. The van der Waals surface area contributed by atoms with Crippen LogP contribution in [0.3, 0.4) is 0 Å². The van der Waals surface area contributed by atoms with Crippen molar-refractivity contribution in [2.24, 2.45) is 11.3 Å². The Morgan fingerprint density at radius 2 is 1.71 bits per heavy atom. The fourth-order valence-electron chi connectivity index (χ4n) is 2.40. The van der Waals surface area contributed by atoms with Crippen LogP contribution in [0, 0.1) is 11.3 Å². The van der Waals surface area contributed by atoms with Crippen molar-refractivity contribution in [3.8, 4) is 0 Å². The molecule has 1 aliphatic heterocycles. The first-order valence-corrected chi connectivity index (χ1v) is 7.35. The Morgan fingerprint density at radius 3 is 2.24 bits per heavy atom. The second kappa shape index (κ2) is 6.75. The summed E-state index contributed by atoms with van der Waals surface area (Å²) in [5.41, 5.74) is 0.571. The van der Waals surface area contributed by atoms with E-state index in [0.29, 0.717) is 11.5 Å². The van der Waals surface area contributed by atoms with Crippen LogP contribution < -0.4 is 5.32 Å². The van der Waals surface area contributed by atoms with E-state index in [1.54, 1.807) is 0 Å². The average Bonchev–Trinajstić information content (AvgIpc) is 2.23. The van der Waals surface area contributed by atoms with Gasteiger partial charge in [0, 0.05) is 12.6 Å². The van der Waals surface area contributed by atoms with Gasteiger partial charge in [0.2, 0.25) is 0 Å². The predicted molar refractivity (Wildman–Crippen MR) is 76.4 cm³/mol. The third-order valence-corrected chi connectivity index (χ3v) is 4.11. The van der Waals surface area contributed by atoms with E-state index >= 15 is 0 Å². The van der Waals surface area contributed by atoms with E-state index in [1.165, 1.54) is 38.9 Å². The van der Waals surface area contributed by atoms with Crippen LogP contribution in [0.5, 0.6) is 0 Å². The molecule has 0 aliphatic carbocycles. The van der Waals surface area contributed by atoms with Crippen LogP contribution in [0.4, 0.5) is 0 Å². The summed E-state index contributed by atoms with van der Waals surface area (Å²) in [6.45, 7) is 16.6. The molecule has 1 saturated heterocycles. The first-order chi connectivity index (χ1) is 7.91. The zero-order valence-electron chi connectivity index (χ0n) is 12.6. The van der Waals surface area contributed by atoms with Crippen molar-refractivity contribution >= 4 is 0 Å².